The molecule has 1 saturated heterocycles. The van der Waals surface area contributed by atoms with Crippen LogP contribution in [0.5, 0.6) is 0 Å². The lowest BCUT2D eigenvalue weighted by Gasteiger charge is -2.27. The summed E-state index contributed by atoms with van der Waals surface area (Å²) in [5.74, 6) is 0.219. The zero-order chi connectivity index (χ0) is 21.6. The number of benzene rings is 2. The second-order valence-corrected chi connectivity index (χ2v) is 8.88. The lowest BCUT2D eigenvalue weighted by Crippen LogP contribution is -2.34. The van der Waals surface area contributed by atoms with E-state index in [4.69, 9.17) is 16.7 Å². The van der Waals surface area contributed by atoms with Crippen molar-refractivity contribution in [2.75, 3.05) is 31.5 Å². The lowest BCUT2D eigenvalue weighted by molar-refractivity contribution is 0.205. The summed E-state index contributed by atoms with van der Waals surface area (Å²) in [4.78, 5) is 15.5. The number of carbonyl (C=O) groups is 1. The van der Waals surface area contributed by atoms with Crippen molar-refractivity contribution < 1.29 is 4.79 Å². The Balaban J connectivity index is 1.46. The molecule has 0 aromatic heterocycles. The summed E-state index contributed by atoms with van der Waals surface area (Å²) in [7, 11) is 0. The van der Waals surface area contributed by atoms with E-state index in [0.717, 1.165) is 36.3 Å². The number of hydrogen-bond acceptors (Lipinski definition) is 3. The second kappa shape index (κ2) is 10.3. The topological polar surface area (TPSA) is 47.9 Å². The first-order valence-corrected chi connectivity index (χ1v) is 11.7. The number of aryl methyl sites for hydroxylation is 1. The van der Waals surface area contributed by atoms with Gasteiger partial charge in [-0.15, -0.1) is 0 Å². The zero-order valence-electron chi connectivity index (χ0n) is 18.2. The second-order valence-electron chi connectivity index (χ2n) is 8.44. The molecule has 2 aliphatic heterocycles. The molecular weight excluding hydrogens is 408 g/mol. The molecule has 2 aliphatic rings. The van der Waals surface area contributed by atoms with Gasteiger partial charge < -0.3 is 10.2 Å². The monoisotopic (exact) mass is 438 g/mol. The van der Waals surface area contributed by atoms with E-state index in [9.17, 15) is 4.79 Å². The van der Waals surface area contributed by atoms with Crippen molar-refractivity contribution in [3.63, 3.8) is 0 Å². The molecule has 1 fully saturated rings. The van der Waals surface area contributed by atoms with Gasteiger partial charge >= 0.3 is 6.03 Å². The van der Waals surface area contributed by atoms with Gasteiger partial charge in [0.05, 0.1) is 12.3 Å². The summed E-state index contributed by atoms with van der Waals surface area (Å²) >= 11 is 6.09. The Morgan fingerprint density at radius 3 is 2.45 bits per heavy atom. The number of rotatable bonds is 6. The normalized spacial score (nSPS) is 19.4. The predicted molar refractivity (Wildman–Crippen MR) is 128 cm³/mol. The standard InChI is InChI=1S/C25H31ClN4O/c1-2-19-6-12-23(13-7-19)27-25(31)30-18-21(14-17-29-15-4-3-5-16-29)24(28-30)20-8-10-22(26)11-9-20/h6-13,21H,2-5,14-18H2,1H3,(H,27,31). The minimum atomic E-state index is -0.184. The highest BCUT2D eigenvalue weighted by molar-refractivity contribution is 6.30. The minimum Gasteiger partial charge on any atom is -0.306 e. The smallest absolute Gasteiger partial charge is 0.306 e. The van der Waals surface area contributed by atoms with Crippen molar-refractivity contribution in [2.45, 2.75) is 39.0 Å². The van der Waals surface area contributed by atoms with Crippen LogP contribution in [-0.4, -0.2) is 47.8 Å². The third-order valence-corrected chi connectivity index (χ3v) is 6.49. The number of amides is 2. The van der Waals surface area contributed by atoms with Crippen LogP contribution in [0.2, 0.25) is 5.02 Å². The lowest BCUT2D eigenvalue weighted by atomic mass is 9.94. The summed E-state index contributed by atoms with van der Waals surface area (Å²) < 4.78 is 0. The SMILES string of the molecule is CCc1ccc(NC(=O)N2CC(CCN3CCCCC3)C(c3ccc(Cl)cc3)=N2)cc1. The van der Waals surface area contributed by atoms with Crippen LogP contribution >= 0.6 is 11.6 Å². The van der Waals surface area contributed by atoms with Gasteiger partial charge in [0.1, 0.15) is 0 Å². The molecule has 0 radical (unpaired) electrons. The van der Waals surface area contributed by atoms with Crippen LogP contribution in [0.15, 0.2) is 53.6 Å². The predicted octanol–water partition coefficient (Wildman–Crippen LogP) is 5.65. The van der Waals surface area contributed by atoms with E-state index in [1.54, 1.807) is 5.01 Å². The number of carbonyl (C=O) groups excluding carboxylic acids is 1. The number of anilines is 1. The summed E-state index contributed by atoms with van der Waals surface area (Å²) in [5, 5.41) is 10.0. The van der Waals surface area contributed by atoms with Gasteiger partial charge in [0, 0.05) is 16.6 Å². The highest BCUT2D eigenvalue weighted by atomic mass is 35.5. The molecule has 0 aliphatic carbocycles. The molecular formula is C25H31ClN4O. The molecule has 164 valence electrons. The zero-order valence-corrected chi connectivity index (χ0v) is 18.9. The van der Waals surface area contributed by atoms with E-state index >= 15 is 0 Å². The fourth-order valence-electron chi connectivity index (χ4n) is 4.35. The third-order valence-electron chi connectivity index (χ3n) is 6.24. The summed E-state index contributed by atoms with van der Waals surface area (Å²) in [5.41, 5.74) is 4.06. The molecule has 1 N–H and O–H groups in total. The maximum absolute atomic E-state index is 12.9. The molecule has 31 heavy (non-hydrogen) atoms. The van der Waals surface area contributed by atoms with Crippen molar-refractivity contribution in [3.05, 3.63) is 64.7 Å². The van der Waals surface area contributed by atoms with E-state index < -0.39 is 0 Å². The number of nitrogens with one attached hydrogen (secondary N) is 1. The number of hydrazone groups is 1. The van der Waals surface area contributed by atoms with E-state index in [0.29, 0.717) is 11.6 Å². The van der Waals surface area contributed by atoms with Crippen LogP contribution in [0, 0.1) is 5.92 Å². The Kier molecular flexibility index (Phi) is 7.25. The fraction of sp³-hybridized carbons (Fsp3) is 0.440. The van der Waals surface area contributed by atoms with Gasteiger partial charge in [-0.25, -0.2) is 9.80 Å². The van der Waals surface area contributed by atoms with E-state index in [2.05, 4.69) is 17.1 Å². The van der Waals surface area contributed by atoms with Crippen molar-refractivity contribution in [1.29, 1.82) is 0 Å². The molecule has 4 rings (SSSR count). The Labute approximate surface area is 190 Å². The number of halogens is 1. The Bertz CT molecular complexity index is 904. The van der Waals surface area contributed by atoms with Crippen LogP contribution in [0.4, 0.5) is 10.5 Å². The number of urea groups is 1. The molecule has 2 aromatic carbocycles. The minimum absolute atomic E-state index is 0.184. The first-order chi connectivity index (χ1) is 15.1. The highest BCUT2D eigenvalue weighted by Crippen LogP contribution is 2.25. The third kappa shape index (κ3) is 5.66. The summed E-state index contributed by atoms with van der Waals surface area (Å²) in [6.45, 7) is 6.13. The van der Waals surface area contributed by atoms with E-state index in [-0.39, 0.29) is 11.9 Å². The molecule has 5 nitrogen and oxygen atoms in total. The molecule has 1 atom stereocenters. The fourth-order valence-corrected chi connectivity index (χ4v) is 4.48. The van der Waals surface area contributed by atoms with Crippen molar-refractivity contribution in [1.82, 2.24) is 9.91 Å². The highest BCUT2D eigenvalue weighted by Gasteiger charge is 2.31. The van der Waals surface area contributed by atoms with Gasteiger partial charge in [0.2, 0.25) is 0 Å². The number of piperidine rings is 1. The Morgan fingerprint density at radius 1 is 1.06 bits per heavy atom. The molecule has 0 spiro atoms. The van der Waals surface area contributed by atoms with Crippen LogP contribution < -0.4 is 5.32 Å². The van der Waals surface area contributed by atoms with Gasteiger partial charge in [-0.1, -0.05) is 49.2 Å². The van der Waals surface area contributed by atoms with Gasteiger partial charge in [0.15, 0.2) is 0 Å². The average molecular weight is 439 g/mol. The van der Waals surface area contributed by atoms with Gasteiger partial charge in [-0.2, -0.15) is 5.10 Å². The maximum atomic E-state index is 12.9. The van der Waals surface area contributed by atoms with Crippen LogP contribution in [0.3, 0.4) is 0 Å². The molecule has 2 amide bonds. The Morgan fingerprint density at radius 2 is 1.77 bits per heavy atom. The molecule has 6 heteroatoms. The van der Waals surface area contributed by atoms with Gasteiger partial charge in [0.25, 0.3) is 0 Å². The molecule has 0 saturated carbocycles. The van der Waals surface area contributed by atoms with Crippen LogP contribution in [0.25, 0.3) is 0 Å². The number of hydrogen-bond donors (Lipinski definition) is 1. The average Bonchev–Trinajstić information content (AvgIpc) is 3.24. The quantitative estimate of drug-likeness (QED) is 0.633. The number of likely N-dealkylation sites (tertiary alicyclic amines) is 1. The van der Waals surface area contributed by atoms with Crippen molar-refractivity contribution in [3.8, 4) is 0 Å². The van der Waals surface area contributed by atoms with Crippen LogP contribution in [-0.2, 0) is 6.42 Å². The van der Waals surface area contributed by atoms with Crippen molar-refractivity contribution in [2.24, 2.45) is 11.0 Å². The maximum Gasteiger partial charge on any atom is 0.342 e. The number of nitrogens with zero attached hydrogens (tertiary/aromatic N) is 3. The summed E-state index contributed by atoms with van der Waals surface area (Å²) in [6, 6.07) is 15.6. The Hall–Kier alpha value is -2.37. The largest absolute Gasteiger partial charge is 0.342 e. The molecule has 2 aromatic rings. The first-order valence-electron chi connectivity index (χ1n) is 11.4. The molecule has 1 unspecified atom stereocenters. The van der Waals surface area contributed by atoms with E-state index in [1.165, 1.54) is 37.9 Å². The van der Waals surface area contributed by atoms with Crippen LogP contribution in [0.1, 0.15) is 43.7 Å². The molecule has 0 bridgehead atoms. The summed E-state index contributed by atoms with van der Waals surface area (Å²) in [6.07, 6.45) is 5.89. The molecule has 2 heterocycles. The van der Waals surface area contributed by atoms with E-state index in [1.807, 2.05) is 48.5 Å². The first kappa shape index (κ1) is 21.8. The van der Waals surface area contributed by atoms with Gasteiger partial charge in [-0.3, -0.25) is 0 Å². The van der Waals surface area contributed by atoms with Gasteiger partial charge in [-0.05, 0) is 80.7 Å². The van der Waals surface area contributed by atoms with Crippen molar-refractivity contribution >= 4 is 29.0 Å².